The average molecular weight is 375 g/mol. The molecule has 142 valence electrons. The number of allylic oxidation sites excluding steroid dienone is 2. The molecule has 0 atom stereocenters. The normalized spacial score (nSPS) is 13.3. The molecule has 0 saturated carbocycles. The Morgan fingerprint density at radius 1 is 0.926 bits per heavy atom. The summed E-state index contributed by atoms with van der Waals surface area (Å²) in [7, 11) is 3.49. The fraction of sp³-hybridized carbons (Fsp3) is 0.211. The largest absolute Gasteiger partial charge is 0.465 e. The first-order valence-corrected chi connectivity index (χ1v) is 7.79. The third kappa shape index (κ3) is 3.89. The zero-order chi connectivity index (χ0) is 20.1. The molecule has 8 heteroatoms. The van der Waals surface area contributed by atoms with Crippen molar-refractivity contribution >= 4 is 23.6 Å². The highest BCUT2D eigenvalue weighted by Crippen LogP contribution is 2.31. The van der Waals surface area contributed by atoms with Gasteiger partial charge in [-0.2, -0.15) is 0 Å². The number of hydrogen-bond donors (Lipinski definition) is 0. The molecule has 0 aliphatic carbocycles. The van der Waals surface area contributed by atoms with Crippen LogP contribution in [0, 0.1) is 12.7 Å². The molecule has 7 nitrogen and oxygen atoms in total. The van der Waals surface area contributed by atoms with Crippen molar-refractivity contribution < 1.29 is 33.0 Å². The summed E-state index contributed by atoms with van der Waals surface area (Å²) in [5.74, 6) is -3.04. The van der Waals surface area contributed by atoms with Crippen LogP contribution in [0.1, 0.15) is 15.9 Å². The molecule has 0 N–H and O–H groups in total. The van der Waals surface area contributed by atoms with Gasteiger partial charge < -0.3 is 19.1 Å². The number of anilines is 1. The number of carbonyl (C=O) groups excluding carboxylic acids is 3. The van der Waals surface area contributed by atoms with Crippen LogP contribution in [-0.2, 0) is 23.8 Å². The molecule has 0 saturated heterocycles. The van der Waals surface area contributed by atoms with Gasteiger partial charge in [-0.05, 0) is 31.2 Å². The first-order chi connectivity index (χ1) is 12.8. The Bertz CT molecular complexity index is 884. The van der Waals surface area contributed by atoms with Crippen LogP contribution in [-0.4, -0.2) is 39.2 Å². The van der Waals surface area contributed by atoms with Gasteiger partial charge in [0.2, 0.25) is 0 Å². The maximum absolute atomic E-state index is 14.4. The summed E-state index contributed by atoms with van der Waals surface area (Å²) in [4.78, 5) is 37.7. The summed E-state index contributed by atoms with van der Waals surface area (Å²) in [6.45, 7) is 1.48. The highest BCUT2D eigenvalue weighted by Gasteiger charge is 2.29. The fourth-order valence-corrected chi connectivity index (χ4v) is 2.50. The van der Waals surface area contributed by atoms with Crippen LogP contribution < -0.4 is 4.90 Å². The van der Waals surface area contributed by atoms with Gasteiger partial charge in [0.05, 0.1) is 38.2 Å². The molecule has 2 rings (SSSR count). The van der Waals surface area contributed by atoms with Crippen LogP contribution in [0.5, 0.6) is 0 Å². The van der Waals surface area contributed by atoms with E-state index in [1.54, 1.807) is 6.08 Å². The van der Waals surface area contributed by atoms with E-state index in [1.807, 2.05) is 0 Å². The molecule has 0 fully saturated rings. The van der Waals surface area contributed by atoms with E-state index in [9.17, 15) is 18.8 Å². The topological polar surface area (TPSA) is 82.1 Å². The molecule has 1 heterocycles. The first-order valence-electron chi connectivity index (χ1n) is 7.79. The standard InChI is InChI=1S/C19H18FNO6/c1-11-14(20)9-12(17(22)25-2)10-15(11)21-8-6-5-7-13(18(23)26-3)16(21)19(24)27-4/h5-10H,1-4H3. The van der Waals surface area contributed by atoms with E-state index >= 15 is 0 Å². The fourth-order valence-electron chi connectivity index (χ4n) is 2.50. The van der Waals surface area contributed by atoms with Crippen molar-refractivity contribution in [1.82, 2.24) is 0 Å². The van der Waals surface area contributed by atoms with Gasteiger partial charge in [-0.15, -0.1) is 0 Å². The number of ether oxygens (including phenoxy) is 3. The molecule has 0 aromatic heterocycles. The summed E-state index contributed by atoms with van der Waals surface area (Å²) in [5.41, 5.74) is -0.00138. The minimum Gasteiger partial charge on any atom is -0.465 e. The third-order valence-corrected chi connectivity index (χ3v) is 3.89. The van der Waals surface area contributed by atoms with Gasteiger partial charge in [0, 0.05) is 11.8 Å². The van der Waals surface area contributed by atoms with Crippen molar-refractivity contribution in [1.29, 1.82) is 0 Å². The Balaban J connectivity index is 2.78. The number of rotatable bonds is 4. The molecular formula is C19H18FNO6. The first kappa shape index (κ1) is 19.9. The predicted molar refractivity (Wildman–Crippen MR) is 94.3 cm³/mol. The van der Waals surface area contributed by atoms with Crippen molar-refractivity contribution in [2.75, 3.05) is 26.2 Å². The number of carbonyl (C=O) groups is 3. The maximum Gasteiger partial charge on any atom is 0.355 e. The lowest BCUT2D eigenvalue weighted by Crippen LogP contribution is -2.28. The van der Waals surface area contributed by atoms with E-state index in [0.717, 1.165) is 13.2 Å². The van der Waals surface area contributed by atoms with Crippen LogP contribution in [0.3, 0.4) is 0 Å². The minimum absolute atomic E-state index is 0.0509. The van der Waals surface area contributed by atoms with Crippen LogP contribution in [0.2, 0.25) is 0 Å². The molecule has 1 aliphatic rings. The van der Waals surface area contributed by atoms with Gasteiger partial charge in [-0.3, -0.25) is 0 Å². The van der Waals surface area contributed by atoms with E-state index < -0.39 is 23.7 Å². The summed E-state index contributed by atoms with van der Waals surface area (Å²) >= 11 is 0. The van der Waals surface area contributed by atoms with Gasteiger partial charge in [0.15, 0.2) is 0 Å². The Labute approximate surface area is 155 Å². The van der Waals surface area contributed by atoms with E-state index in [1.165, 1.54) is 50.5 Å². The van der Waals surface area contributed by atoms with Crippen LogP contribution in [0.15, 0.2) is 47.8 Å². The van der Waals surface area contributed by atoms with E-state index in [4.69, 9.17) is 9.47 Å². The number of methoxy groups -OCH3 is 3. The zero-order valence-electron chi connectivity index (χ0n) is 15.2. The number of benzene rings is 1. The summed E-state index contributed by atoms with van der Waals surface area (Å²) < 4.78 is 28.6. The van der Waals surface area contributed by atoms with Gasteiger partial charge in [0.1, 0.15) is 11.5 Å². The Kier molecular flexibility index (Phi) is 6.12. The molecule has 0 spiro atoms. The lowest BCUT2D eigenvalue weighted by atomic mass is 10.1. The molecular weight excluding hydrogens is 357 g/mol. The molecule has 27 heavy (non-hydrogen) atoms. The molecule has 0 bridgehead atoms. The van der Waals surface area contributed by atoms with Gasteiger partial charge in [-0.1, -0.05) is 6.08 Å². The lowest BCUT2D eigenvalue weighted by Gasteiger charge is -2.25. The number of hydrogen-bond acceptors (Lipinski definition) is 7. The number of nitrogens with zero attached hydrogens (tertiary/aromatic N) is 1. The molecule has 0 unspecified atom stereocenters. The Morgan fingerprint density at radius 3 is 2.15 bits per heavy atom. The summed E-state index contributed by atoms with van der Waals surface area (Å²) in [6.07, 6.45) is 5.89. The van der Waals surface area contributed by atoms with Gasteiger partial charge in [-0.25, -0.2) is 18.8 Å². The summed E-state index contributed by atoms with van der Waals surface area (Å²) in [6, 6.07) is 2.39. The van der Waals surface area contributed by atoms with E-state index in [-0.39, 0.29) is 28.1 Å². The van der Waals surface area contributed by atoms with Crippen molar-refractivity contribution in [2.24, 2.45) is 0 Å². The van der Waals surface area contributed by atoms with Crippen molar-refractivity contribution in [3.05, 3.63) is 64.8 Å². The molecule has 1 aliphatic heterocycles. The average Bonchev–Trinajstić information content (AvgIpc) is 2.90. The highest BCUT2D eigenvalue weighted by molar-refractivity contribution is 6.05. The predicted octanol–water partition coefficient (Wildman–Crippen LogP) is 2.41. The van der Waals surface area contributed by atoms with Gasteiger partial charge in [0.25, 0.3) is 0 Å². The molecule has 0 radical (unpaired) electrons. The van der Waals surface area contributed by atoms with Crippen LogP contribution >= 0.6 is 0 Å². The Hall–Kier alpha value is -3.42. The second-order valence-electron chi connectivity index (χ2n) is 5.41. The van der Waals surface area contributed by atoms with Crippen LogP contribution in [0.4, 0.5) is 10.1 Å². The third-order valence-electron chi connectivity index (χ3n) is 3.89. The minimum atomic E-state index is -0.838. The highest BCUT2D eigenvalue weighted by atomic mass is 19.1. The number of halogens is 1. The monoisotopic (exact) mass is 375 g/mol. The second-order valence-corrected chi connectivity index (χ2v) is 5.41. The number of esters is 3. The molecule has 1 aromatic carbocycles. The van der Waals surface area contributed by atoms with Gasteiger partial charge >= 0.3 is 17.9 Å². The van der Waals surface area contributed by atoms with Crippen molar-refractivity contribution in [2.45, 2.75) is 6.92 Å². The van der Waals surface area contributed by atoms with E-state index in [2.05, 4.69) is 4.74 Å². The zero-order valence-corrected chi connectivity index (χ0v) is 15.2. The smallest absolute Gasteiger partial charge is 0.355 e. The summed E-state index contributed by atoms with van der Waals surface area (Å²) in [5, 5.41) is 0. The van der Waals surface area contributed by atoms with E-state index in [0.29, 0.717) is 0 Å². The quantitative estimate of drug-likeness (QED) is 0.590. The second kappa shape index (κ2) is 8.31. The Morgan fingerprint density at radius 2 is 1.56 bits per heavy atom. The van der Waals surface area contributed by atoms with Crippen molar-refractivity contribution in [3.63, 3.8) is 0 Å². The SMILES string of the molecule is COC(=O)C1=C(C(=O)OC)N(c2cc(C(=O)OC)cc(F)c2C)C=CC=C1. The van der Waals surface area contributed by atoms with Crippen LogP contribution in [0.25, 0.3) is 0 Å². The molecule has 0 amide bonds. The maximum atomic E-state index is 14.4. The molecule has 1 aromatic rings. The van der Waals surface area contributed by atoms with Crippen molar-refractivity contribution in [3.8, 4) is 0 Å². The lowest BCUT2D eigenvalue weighted by molar-refractivity contribution is -0.139.